The highest BCUT2D eigenvalue weighted by molar-refractivity contribution is 6.08. The first-order valence-electron chi connectivity index (χ1n) is 11.8. The molecular weight excluding hydrogens is 404 g/mol. The molecule has 32 heavy (non-hydrogen) atoms. The molecule has 6 heteroatoms. The summed E-state index contributed by atoms with van der Waals surface area (Å²) in [6, 6.07) is 7.58. The highest BCUT2D eigenvalue weighted by Crippen LogP contribution is 2.30. The lowest BCUT2D eigenvalue weighted by molar-refractivity contribution is -0.131. The zero-order valence-electron chi connectivity index (χ0n) is 18.2. The number of aliphatic imine (C=N–C) groups is 2. The predicted molar refractivity (Wildman–Crippen MR) is 123 cm³/mol. The van der Waals surface area contributed by atoms with Crippen molar-refractivity contribution in [2.45, 2.75) is 64.2 Å². The maximum atomic E-state index is 12.2. The molecule has 166 valence electrons. The van der Waals surface area contributed by atoms with E-state index in [0.29, 0.717) is 23.2 Å². The van der Waals surface area contributed by atoms with Gasteiger partial charge in [0.25, 0.3) is 0 Å². The van der Waals surface area contributed by atoms with Gasteiger partial charge in [-0.25, -0.2) is 19.6 Å². The van der Waals surface area contributed by atoms with Crippen molar-refractivity contribution in [3.05, 3.63) is 46.8 Å². The molecule has 2 aliphatic carbocycles. The fourth-order valence-corrected chi connectivity index (χ4v) is 4.90. The van der Waals surface area contributed by atoms with Crippen molar-refractivity contribution in [3.8, 4) is 0 Å². The van der Waals surface area contributed by atoms with Crippen molar-refractivity contribution in [2.24, 2.45) is 21.8 Å². The highest BCUT2D eigenvalue weighted by Gasteiger charge is 2.31. The maximum absolute atomic E-state index is 12.2. The Balaban J connectivity index is 1.29. The number of ether oxygens (including phenoxy) is 2. The summed E-state index contributed by atoms with van der Waals surface area (Å²) in [7, 11) is 0. The SMILES string of the molecule is O=C1OC(C2CCCCC2)=N/C1=C/c1ccc(/C=C2/N=C(C3CCCCC3)OC2=O)cc1. The minimum atomic E-state index is -0.380. The van der Waals surface area contributed by atoms with E-state index < -0.39 is 0 Å². The molecule has 0 saturated heterocycles. The van der Waals surface area contributed by atoms with Crippen LogP contribution < -0.4 is 0 Å². The Morgan fingerprint density at radius 2 is 1.00 bits per heavy atom. The van der Waals surface area contributed by atoms with Gasteiger partial charge in [-0.15, -0.1) is 0 Å². The van der Waals surface area contributed by atoms with Crippen molar-refractivity contribution < 1.29 is 19.1 Å². The second-order valence-electron chi connectivity index (χ2n) is 9.07. The third-order valence-corrected chi connectivity index (χ3v) is 6.73. The van der Waals surface area contributed by atoms with E-state index in [9.17, 15) is 9.59 Å². The fraction of sp³-hybridized carbons (Fsp3) is 0.462. The first-order valence-corrected chi connectivity index (χ1v) is 11.8. The summed E-state index contributed by atoms with van der Waals surface area (Å²) >= 11 is 0. The molecule has 0 bridgehead atoms. The van der Waals surface area contributed by atoms with E-state index in [4.69, 9.17) is 9.47 Å². The second kappa shape index (κ2) is 9.23. The molecular formula is C26H28N2O4. The van der Waals surface area contributed by atoms with Crippen LogP contribution >= 0.6 is 0 Å². The Bertz CT molecular complexity index is 937. The van der Waals surface area contributed by atoms with Crippen molar-refractivity contribution >= 4 is 35.9 Å². The van der Waals surface area contributed by atoms with Gasteiger partial charge in [0.05, 0.1) is 0 Å². The molecule has 0 N–H and O–H groups in total. The molecule has 1 aromatic carbocycles. The molecule has 6 nitrogen and oxygen atoms in total. The van der Waals surface area contributed by atoms with Crippen LogP contribution in [0.25, 0.3) is 12.2 Å². The molecule has 2 fully saturated rings. The van der Waals surface area contributed by atoms with Crippen molar-refractivity contribution in [2.75, 3.05) is 0 Å². The first kappa shape index (κ1) is 20.9. The van der Waals surface area contributed by atoms with E-state index in [2.05, 4.69) is 9.98 Å². The lowest BCUT2D eigenvalue weighted by atomic mass is 9.89. The van der Waals surface area contributed by atoms with Crippen LogP contribution in [-0.4, -0.2) is 23.7 Å². The summed E-state index contributed by atoms with van der Waals surface area (Å²) in [5.74, 6) is 0.920. The normalized spacial score (nSPS) is 25.1. The van der Waals surface area contributed by atoms with E-state index >= 15 is 0 Å². The highest BCUT2D eigenvalue weighted by atomic mass is 16.6. The molecule has 4 aliphatic rings. The number of benzene rings is 1. The molecule has 1 aromatic rings. The number of hydrogen-bond donors (Lipinski definition) is 0. The fourth-order valence-electron chi connectivity index (χ4n) is 4.90. The number of cyclic esters (lactones) is 2. The maximum Gasteiger partial charge on any atom is 0.363 e. The molecule has 0 radical (unpaired) electrons. The predicted octanol–water partition coefficient (Wildman–Crippen LogP) is 5.44. The van der Waals surface area contributed by atoms with Gasteiger partial charge >= 0.3 is 11.9 Å². The van der Waals surface area contributed by atoms with E-state index in [1.165, 1.54) is 12.8 Å². The van der Waals surface area contributed by atoms with Gasteiger partial charge < -0.3 is 9.47 Å². The van der Waals surface area contributed by atoms with Crippen LogP contribution in [0.5, 0.6) is 0 Å². The smallest absolute Gasteiger partial charge is 0.363 e. The van der Waals surface area contributed by atoms with Crippen LogP contribution in [0.15, 0.2) is 45.6 Å². The molecule has 2 saturated carbocycles. The van der Waals surface area contributed by atoms with Crippen molar-refractivity contribution in [1.29, 1.82) is 0 Å². The van der Waals surface area contributed by atoms with E-state index in [1.54, 1.807) is 12.2 Å². The second-order valence-corrected chi connectivity index (χ2v) is 9.07. The number of rotatable bonds is 4. The average Bonchev–Trinajstić information content (AvgIpc) is 3.38. The summed E-state index contributed by atoms with van der Waals surface area (Å²) in [5, 5.41) is 0. The van der Waals surface area contributed by atoms with E-state index in [1.807, 2.05) is 24.3 Å². The van der Waals surface area contributed by atoms with Gasteiger partial charge in [-0.2, -0.15) is 0 Å². The molecule has 2 aliphatic heterocycles. The summed E-state index contributed by atoms with van der Waals surface area (Å²) < 4.78 is 10.9. The quantitative estimate of drug-likeness (QED) is 0.469. The largest absolute Gasteiger partial charge is 0.406 e. The van der Waals surface area contributed by atoms with Gasteiger partial charge in [-0.1, -0.05) is 62.8 Å². The van der Waals surface area contributed by atoms with Gasteiger partial charge in [0.15, 0.2) is 11.4 Å². The van der Waals surface area contributed by atoms with E-state index in [-0.39, 0.29) is 23.8 Å². The number of hydrogen-bond acceptors (Lipinski definition) is 6. The summed E-state index contributed by atoms with van der Waals surface area (Å²) in [4.78, 5) is 33.4. The monoisotopic (exact) mass is 432 g/mol. The molecule has 0 amide bonds. The van der Waals surface area contributed by atoms with Gasteiger partial charge in [0.1, 0.15) is 0 Å². The number of esters is 2. The zero-order chi connectivity index (χ0) is 21.9. The van der Waals surface area contributed by atoms with Crippen LogP contribution in [0.3, 0.4) is 0 Å². The van der Waals surface area contributed by atoms with Crippen LogP contribution in [0, 0.1) is 11.8 Å². The van der Waals surface area contributed by atoms with Gasteiger partial charge in [-0.3, -0.25) is 0 Å². The van der Waals surface area contributed by atoms with Crippen LogP contribution in [0.1, 0.15) is 75.3 Å². The van der Waals surface area contributed by atoms with Gasteiger partial charge in [-0.05, 0) is 49.0 Å². The summed E-state index contributed by atoms with van der Waals surface area (Å²) in [6.45, 7) is 0. The number of carbonyl (C=O) groups is 2. The molecule has 0 aromatic heterocycles. The molecule has 5 rings (SSSR count). The molecule has 0 unspecified atom stereocenters. The lowest BCUT2D eigenvalue weighted by Gasteiger charge is -2.19. The zero-order valence-corrected chi connectivity index (χ0v) is 18.2. The van der Waals surface area contributed by atoms with E-state index in [0.717, 1.165) is 62.5 Å². The van der Waals surface area contributed by atoms with Crippen molar-refractivity contribution in [1.82, 2.24) is 0 Å². The minimum absolute atomic E-state index is 0.262. The van der Waals surface area contributed by atoms with Crippen LogP contribution in [0.4, 0.5) is 0 Å². The Kier molecular flexibility index (Phi) is 6.02. The number of carbonyl (C=O) groups excluding carboxylic acids is 2. The molecule has 2 heterocycles. The molecule has 0 atom stereocenters. The minimum Gasteiger partial charge on any atom is -0.406 e. The van der Waals surface area contributed by atoms with Gasteiger partial charge in [0, 0.05) is 11.8 Å². The standard InChI is InChI=1S/C26H28N2O4/c29-25-21(27-23(31-25)19-7-3-1-4-8-19)15-17-11-13-18(14-12-17)16-22-26(30)32-24(28-22)20-9-5-2-6-10-20/h11-16,19-20H,1-10H2/b21-15+,22-16+. The van der Waals surface area contributed by atoms with Crippen LogP contribution in [0.2, 0.25) is 0 Å². The third-order valence-electron chi connectivity index (χ3n) is 6.73. The topological polar surface area (TPSA) is 77.3 Å². The first-order chi connectivity index (χ1) is 15.7. The third kappa shape index (κ3) is 4.59. The Hall–Kier alpha value is -3.02. The summed E-state index contributed by atoms with van der Waals surface area (Å²) in [5.41, 5.74) is 2.40. The summed E-state index contributed by atoms with van der Waals surface area (Å²) in [6.07, 6.45) is 14.8. The van der Waals surface area contributed by atoms with Crippen LogP contribution in [-0.2, 0) is 19.1 Å². The Morgan fingerprint density at radius 3 is 1.38 bits per heavy atom. The lowest BCUT2D eigenvalue weighted by Crippen LogP contribution is -2.19. The molecule has 0 spiro atoms. The Morgan fingerprint density at radius 1 is 0.625 bits per heavy atom. The average molecular weight is 433 g/mol. The Labute approximate surface area is 188 Å². The van der Waals surface area contributed by atoms with Crippen molar-refractivity contribution in [3.63, 3.8) is 0 Å². The number of nitrogens with zero attached hydrogens (tertiary/aromatic N) is 2. The van der Waals surface area contributed by atoms with Gasteiger partial charge in [0.2, 0.25) is 11.8 Å².